The van der Waals surface area contributed by atoms with E-state index in [-0.39, 0.29) is 0 Å². The summed E-state index contributed by atoms with van der Waals surface area (Å²) in [6.45, 7) is 0. The third-order valence-electron chi connectivity index (χ3n) is 11.1. The van der Waals surface area contributed by atoms with Gasteiger partial charge < -0.3 is 4.57 Å². The Labute approximate surface area is 319 Å². The predicted octanol–water partition coefficient (Wildman–Crippen LogP) is 13.5. The van der Waals surface area contributed by atoms with Crippen molar-refractivity contribution in [3.05, 3.63) is 182 Å². The molecule has 12 rings (SSSR count). The molecule has 0 saturated carbocycles. The fraction of sp³-hybridized carbons (Fsp3) is 0. The summed E-state index contributed by atoms with van der Waals surface area (Å²) >= 11 is 1.81. The number of hydrogen-bond acceptors (Lipinski definition) is 3. The first-order valence-corrected chi connectivity index (χ1v) is 19.4. The van der Waals surface area contributed by atoms with Crippen molar-refractivity contribution < 1.29 is 0 Å². The van der Waals surface area contributed by atoms with Crippen LogP contribution in [0.5, 0.6) is 0 Å². The molecule has 0 spiro atoms. The highest BCUT2D eigenvalue weighted by molar-refractivity contribution is 7.26. The molecule has 8 aromatic carbocycles. The quantitative estimate of drug-likeness (QED) is 0.182. The minimum atomic E-state index is 0.670. The Balaban J connectivity index is 1.10. The number of nitrogens with zero attached hydrogens (tertiary/aromatic N) is 4. The minimum Gasteiger partial charge on any atom is -0.309 e. The Bertz CT molecular complexity index is 3480. The molecule has 0 aliphatic heterocycles. The summed E-state index contributed by atoms with van der Waals surface area (Å²) in [6, 6.07) is 65.3. The largest absolute Gasteiger partial charge is 0.309 e. The lowest BCUT2D eigenvalue weighted by Crippen LogP contribution is -2.03. The molecule has 0 aliphatic carbocycles. The van der Waals surface area contributed by atoms with Crippen LogP contribution >= 0.6 is 11.3 Å². The van der Waals surface area contributed by atoms with Gasteiger partial charge in [-0.05, 0) is 65.7 Å². The second kappa shape index (κ2) is 11.7. The Morgan fingerprint density at radius 1 is 0.364 bits per heavy atom. The van der Waals surface area contributed by atoms with Gasteiger partial charge in [0.1, 0.15) is 0 Å². The van der Waals surface area contributed by atoms with Crippen LogP contribution in [0.25, 0.3) is 109 Å². The van der Waals surface area contributed by atoms with E-state index in [0.717, 1.165) is 38.9 Å². The fourth-order valence-corrected chi connectivity index (χ4v) is 9.85. The van der Waals surface area contributed by atoms with Crippen LogP contribution in [0, 0.1) is 0 Å². The molecule has 0 unspecified atom stereocenters. The maximum Gasteiger partial charge on any atom is 0.235 e. The average molecular weight is 719 g/mol. The first kappa shape index (κ1) is 30.4. The molecule has 0 atom stereocenters. The van der Waals surface area contributed by atoms with Crippen LogP contribution in [0.1, 0.15) is 0 Å². The molecule has 5 heteroatoms. The summed E-state index contributed by atoms with van der Waals surface area (Å²) in [6.07, 6.45) is 0. The summed E-state index contributed by atoms with van der Waals surface area (Å²) in [4.78, 5) is 10.9. The molecule has 256 valence electrons. The van der Waals surface area contributed by atoms with Crippen molar-refractivity contribution in [2.45, 2.75) is 0 Å². The van der Waals surface area contributed by atoms with E-state index in [1.807, 2.05) is 11.3 Å². The van der Waals surface area contributed by atoms with Gasteiger partial charge in [0.2, 0.25) is 5.95 Å². The summed E-state index contributed by atoms with van der Waals surface area (Å²) in [5.74, 6) is 0.670. The van der Waals surface area contributed by atoms with Gasteiger partial charge in [-0.3, -0.25) is 4.57 Å². The Hall–Kier alpha value is -7.08. The molecule has 55 heavy (non-hydrogen) atoms. The van der Waals surface area contributed by atoms with Crippen molar-refractivity contribution in [2.75, 3.05) is 0 Å². The van der Waals surface area contributed by atoms with Crippen LogP contribution in [0.3, 0.4) is 0 Å². The number of fused-ring (bicyclic) bond motifs is 11. The molecular formula is C50H30N4S. The van der Waals surface area contributed by atoms with Gasteiger partial charge in [-0.15, -0.1) is 11.3 Å². The summed E-state index contributed by atoms with van der Waals surface area (Å²) in [5, 5.41) is 8.39. The molecule has 0 saturated heterocycles. The van der Waals surface area contributed by atoms with Gasteiger partial charge in [0.15, 0.2) is 0 Å². The third-order valence-corrected chi connectivity index (χ3v) is 12.3. The number of hydrogen-bond donors (Lipinski definition) is 0. The normalized spacial score (nSPS) is 12.0. The van der Waals surface area contributed by atoms with E-state index >= 15 is 0 Å². The highest BCUT2D eigenvalue weighted by Crippen LogP contribution is 2.42. The van der Waals surface area contributed by atoms with E-state index in [1.165, 1.54) is 63.9 Å². The van der Waals surface area contributed by atoms with Crippen molar-refractivity contribution in [2.24, 2.45) is 0 Å². The fourth-order valence-electron chi connectivity index (χ4n) is 8.65. The van der Waals surface area contributed by atoms with Crippen LogP contribution in [-0.4, -0.2) is 19.1 Å². The number of benzene rings is 8. The van der Waals surface area contributed by atoms with E-state index < -0.39 is 0 Å². The van der Waals surface area contributed by atoms with E-state index in [4.69, 9.17) is 9.97 Å². The maximum absolute atomic E-state index is 5.46. The molecular weight excluding hydrogens is 689 g/mol. The number of rotatable bonds is 4. The van der Waals surface area contributed by atoms with Crippen LogP contribution in [0.4, 0.5) is 0 Å². The zero-order valence-electron chi connectivity index (χ0n) is 29.5. The summed E-state index contributed by atoms with van der Waals surface area (Å²) in [7, 11) is 0. The van der Waals surface area contributed by atoms with Crippen LogP contribution in [0.15, 0.2) is 182 Å². The van der Waals surface area contributed by atoms with Gasteiger partial charge in [0.25, 0.3) is 0 Å². The van der Waals surface area contributed by atoms with Gasteiger partial charge in [-0.1, -0.05) is 127 Å². The van der Waals surface area contributed by atoms with Crippen LogP contribution in [0.2, 0.25) is 0 Å². The van der Waals surface area contributed by atoms with Gasteiger partial charge in [0.05, 0.1) is 38.0 Å². The third kappa shape index (κ3) is 4.51. The lowest BCUT2D eigenvalue weighted by Gasteiger charge is -2.12. The summed E-state index contributed by atoms with van der Waals surface area (Å²) in [5.41, 5.74) is 11.0. The molecule has 4 heterocycles. The first-order chi connectivity index (χ1) is 27.3. The molecule has 0 N–H and O–H groups in total. The van der Waals surface area contributed by atoms with Crippen molar-refractivity contribution >= 4 is 86.0 Å². The summed E-state index contributed by atoms with van der Waals surface area (Å²) < 4.78 is 7.08. The van der Waals surface area contributed by atoms with E-state index in [9.17, 15) is 0 Å². The lowest BCUT2D eigenvalue weighted by molar-refractivity contribution is 1.02. The predicted molar refractivity (Wildman–Crippen MR) is 232 cm³/mol. The highest BCUT2D eigenvalue weighted by atomic mass is 32.1. The van der Waals surface area contributed by atoms with Crippen molar-refractivity contribution in [1.29, 1.82) is 0 Å². The van der Waals surface area contributed by atoms with E-state index in [2.05, 4.69) is 191 Å². The van der Waals surface area contributed by atoms with Crippen LogP contribution < -0.4 is 0 Å². The zero-order valence-corrected chi connectivity index (χ0v) is 30.3. The lowest BCUT2D eigenvalue weighted by atomic mass is 10.0. The molecule has 0 amide bonds. The first-order valence-electron chi connectivity index (χ1n) is 18.6. The van der Waals surface area contributed by atoms with Gasteiger partial charge in [0, 0.05) is 53.7 Å². The van der Waals surface area contributed by atoms with E-state index in [0.29, 0.717) is 5.95 Å². The topological polar surface area (TPSA) is 35.6 Å². The van der Waals surface area contributed by atoms with Crippen molar-refractivity contribution in [3.63, 3.8) is 0 Å². The van der Waals surface area contributed by atoms with E-state index in [1.54, 1.807) is 0 Å². The molecule has 4 nitrogen and oxygen atoms in total. The van der Waals surface area contributed by atoms with Gasteiger partial charge in [-0.25, -0.2) is 9.97 Å². The number of thiophene rings is 1. The highest BCUT2D eigenvalue weighted by Gasteiger charge is 2.20. The minimum absolute atomic E-state index is 0.670. The van der Waals surface area contributed by atoms with Crippen molar-refractivity contribution in [1.82, 2.24) is 19.1 Å². The zero-order chi connectivity index (χ0) is 36.0. The second-order valence-corrected chi connectivity index (χ2v) is 15.2. The Morgan fingerprint density at radius 3 is 1.76 bits per heavy atom. The smallest absolute Gasteiger partial charge is 0.235 e. The van der Waals surface area contributed by atoms with Crippen molar-refractivity contribution in [3.8, 4) is 34.0 Å². The average Bonchev–Trinajstić information content (AvgIpc) is 3.91. The Kier molecular flexibility index (Phi) is 6.47. The van der Waals surface area contributed by atoms with Crippen LogP contribution in [-0.2, 0) is 0 Å². The Morgan fingerprint density at radius 2 is 0.945 bits per heavy atom. The number of para-hydroxylation sites is 3. The molecule has 12 aromatic rings. The second-order valence-electron chi connectivity index (χ2n) is 14.2. The maximum atomic E-state index is 5.46. The van der Waals surface area contributed by atoms with Gasteiger partial charge in [-0.2, -0.15) is 0 Å². The monoisotopic (exact) mass is 718 g/mol. The molecule has 0 fully saturated rings. The van der Waals surface area contributed by atoms with Gasteiger partial charge >= 0.3 is 0 Å². The molecule has 0 aliphatic rings. The number of aromatic nitrogens is 4. The molecule has 4 aromatic heterocycles. The molecule has 0 bridgehead atoms. The SMILES string of the molecule is c1ccc(-c2nc(-n3c4ccccc4c4cc(-c5ccc6c7ccccc7n(-c7ccccc7)c6c5)ccc43)nc3c2ccc2c4ccccc4sc23)cc1. The standard InChI is InChI=1S/C50H30N4S/c1-3-13-31(14-4-1)47-40-27-26-39-38-19-9-12-22-46(38)55-49(39)48(40)52-50(51-47)54-43-21-11-8-18-36(43)41-29-32(24-28-44(41)54)33-23-25-37-35-17-7-10-20-42(35)53(45(37)30-33)34-15-5-2-6-16-34/h1-30H. The molecule has 0 radical (unpaired) electrons.